The molecule has 0 amide bonds. The molecule has 0 aliphatic rings. The number of phenolic OH excluding ortho intramolecular Hbond substituents is 9. The van der Waals surface area contributed by atoms with Gasteiger partial charge in [-0.2, -0.15) is 0 Å². The summed E-state index contributed by atoms with van der Waals surface area (Å²) in [5, 5.41) is 141. The van der Waals surface area contributed by atoms with Crippen molar-refractivity contribution in [2.45, 2.75) is 30.0 Å². The number of benzene rings is 3. The van der Waals surface area contributed by atoms with Gasteiger partial charge in [-0.15, -0.1) is 0 Å². The third-order valence-corrected chi connectivity index (χ3v) is 6.64. The number of phenols is 9. The standard InChI is InChI=1S/C27H24O18/c28-10-1-7(2-11(29)18(10)36)16(34)21(39)23(41)26(44)27(45,24(42)9-5-14(32)20(38)15(33)6-9)25(43)22(40)17(35)8-3-12(30)19(37)13(31)4-8/h1-6,21,23,25-26,28-33,36-39,41,43-45H/t21?,23-,25+,26-,27-/m1/s1. The lowest BCUT2D eigenvalue weighted by atomic mass is 9.76. The Morgan fingerprint density at radius 1 is 0.533 bits per heavy atom. The summed E-state index contributed by atoms with van der Waals surface area (Å²) in [6.45, 7) is 0. The van der Waals surface area contributed by atoms with Crippen molar-refractivity contribution >= 4 is 23.1 Å². The van der Waals surface area contributed by atoms with Gasteiger partial charge >= 0.3 is 0 Å². The lowest BCUT2D eigenvalue weighted by Gasteiger charge is -2.37. The first-order chi connectivity index (χ1) is 20.7. The van der Waals surface area contributed by atoms with Crippen LogP contribution in [-0.2, 0) is 4.79 Å². The number of ketones is 4. The number of Topliss-reactive ketones (excluding diaryl/α,β-unsaturated/α-hetero) is 4. The number of hydrogen-bond donors (Lipinski definition) is 14. The largest absolute Gasteiger partial charge is 0.504 e. The van der Waals surface area contributed by atoms with Crippen molar-refractivity contribution in [2.75, 3.05) is 0 Å². The molecule has 0 radical (unpaired) electrons. The average molecular weight is 636 g/mol. The zero-order valence-electron chi connectivity index (χ0n) is 22.2. The molecular formula is C27H24O18. The molecule has 0 spiro atoms. The van der Waals surface area contributed by atoms with Crippen molar-refractivity contribution in [3.8, 4) is 51.7 Å². The molecular weight excluding hydrogens is 612 g/mol. The van der Waals surface area contributed by atoms with Crippen LogP contribution in [0.3, 0.4) is 0 Å². The summed E-state index contributed by atoms with van der Waals surface area (Å²) in [6.07, 6.45) is -12.8. The zero-order valence-corrected chi connectivity index (χ0v) is 22.2. The summed E-state index contributed by atoms with van der Waals surface area (Å²) >= 11 is 0. The highest BCUT2D eigenvalue weighted by Gasteiger charge is 2.57. The van der Waals surface area contributed by atoms with Crippen LogP contribution in [0.4, 0.5) is 0 Å². The van der Waals surface area contributed by atoms with Gasteiger partial charge < -0.3 is 71.5 Å². The molecule has 18 heteroatoms. The molecule has 3 aromatic carbocycles. The van der Waals surface area contributed by atoms with Crippen LogP contribution < -0.4 is 0 Å². The Balaban J connectivity index is 2.12. The molecule has 0 aliphatic heterocycles. The fraction of sp³-hybridized carbons (Fsp3) is 0.185. The van der Waals surface area contributed by atoms with E-state index in [1.54, 1.807) is 0 Å². The second-order valence-electron chi connectivity index (χ2n) is 9.58. The monoisotopic (exact) mass is 636 g/mol. The quantitative estimate of drug-likeness (QED) is 0.0599. The molecule has 18 nitrogen and oxygen atoms in total. The molecule has 1 unspecified atom stereocenters. The zero-order chi connectivity index (χ0) is 34.3. The predicted molar refractivity (Wildman–Crippen MR) is 141 cm³/mol. The molecule has 0 fully saturated rings. The Morgan fingerprint density at radius 3 is 1.24 bits per heavy atom. The third-order valence-electron chi connectivity index (χ3n) is 6.64. The Labute approximate surface area is 249 Å². The van der Waals surface area contributed by atoms with Crippen LogP contribution in [0.2, 0.25) is 0 Å². The van der Waals surface area contributed by atoms with Gasteiger partial charge in [0.2, 0.25) is 17.3 Å². The maximum Gasteiger partial charge on any atom is 0.235 e. The molecule has 0 aliphatic carbocycles. The Kier molecular flexibility index (Phi) is 9.13. The van der Waals surface area contributed by atoms with Gasteiger partial charge in [-0.1, -0.05) is 0 Å². The van der Waals surface area contributed by atoms with Crippen molar-refractivity contribution in [3.63, 3.8) is 0 Å². The third kappa shape index (κ3) is 5.94. The van der Waals surface area contributed by atoms with E-state index in [1.165, 1.54) is 0 Å². The number of rotatable bonds is 11. The average Bonchev–Trinajstić information content (AvgIpc) is 3.00. The first-order valence-corrected chi connectivity index (χ1v) is 12.1. The molecule has 240 valence electrons. The molecule has 0 heterocycles. The minimum Gasteiger partial charge on any atom is -0.504 e. The van der Waals surface area contributed by atoms with Crippen LogP contribution >= 0.6 is 0 Å². The highest BCUT2D eigenvalue weighted by atomic mass is 16.4. The summed E-state index contributed by atoms with van der Waals surface area (Å²) in [5.74, 6) is -18.2. The fourth-order valence-corrected chi connectivity index (χ4v) is 4.09. The van der Waals surface area contributed by atoms with Crippen LogP contribution in [0.1, 0.15) is 31.1 Å². The smallest absolute Gasteiger partial charge is 0.235 e. The van der Waals surface area contributed by atoms with Crippen molar-refractivity contribution in [1.82, 2.24) is 0 Å². The van der Waals surface area contributed by atoms with Crippen molar-refractivity contribution in [2.24, 2.45) is 0 Å². The second-order valence-corrected chi connectivity index (χ2v) is 9.58. The van der Waals surface area contributed by atoms with Crippen molar-refractivity contribution < 1.29 is 90.7 Å². The number of hydrogen-bond acceptors (Lipinski definition) is 18. The van der Waals surface area contributed by atoms with Crippen LogP contribution in [0, 0.1) is 0 Å². The lowest BCUT2D eigenvalue weighted by Crippen LogP contribution is -2.66. The highest BCUT2D eigenvalue weighted by Crippen LogP contribution is 2.39. The maximum absolute atomic E-state index is 13.5. The van der Waals surface area contributed by atoms with E-state index in [-0.39, 0.29) is 0 Å². The molecule has 0 saturated carbocycles. The summed E-state index contributed by atoms with van der Waals surface area (Å²) in [5.41, 5.74) is -7.07. The van der Waals surface area contributed by atoms with E-state index >= 15 is 0 Å². The van der Waals surface area contributed by atoms with Gasteiger partial charge in [0.25, 0.3) is 0 Å². The number of aromatic hydroxyl groups is 9. The molecule has 3 aromatic rings. The summed E-state index contributed by atoms with van der Waals surface area (Å²) in [6, 6.07) is 2.46. The summed E-state index contributed by atoms with van der Waals surface area (Å²) < 4.78 is 0. The number of aliphatic hydroxyl groups is 5. The first kappa shape index (κ1) is 33.8. The summed E-state index contributed by atoms with van der Waals surface area (Å²) in [4.78, 5) is 52.0. The molecule has 45 heavy (non-hydrogen) atoms. The molecule has 0 bridgehead atoms. The number of carbonyl (C=O) groups excluding carboxylic acids is 4. The first-order valence-electron chi connectivity index (χ1n) is 12.1. The van der Waals surface area contributed by atoms with Gasteiger partial charge in [0.05, 0.1) is 0 Å². The topological polar surface area (TPSA) is 352 Å². The molecule has 3 rings (SSSR count). The van der Waals surface area contributed by atoms with Crippen LogP contribution in [-0.4, -0.2) is 125 Å². The number of aliphatic hydroxyl groups excluding tert-OH is 4. The maximum atomic E-state index is 13.5. The fourth-order valence-electron chi connectivity index (χ4n) is 4.09. The van der Waals surface area contributed by atoms with Gasteiger partial charge in [0.15, 0.2) is 69.2 Å². The van der Waals surface area contributed by atoms with Gasteiger partial charge in [-0.25, -0.2) is 0 Å². The number of carbonyl (C=O) groups is 4. The predicted octanol–water partition coefficient (Wildman–Crippen LogP) is -2.27. The SMILES string of the molecule is O=C(C(=O)[C@H](O)[C@](O)(C(=O)c1cc(O)c(O)c(O)c1)[C@H](O)[C@H](O)C(O)C(=O)c1cc(O)c(O)c(O)c1)c1cc(O)c(O)c(O)c1. The Hall–Kier alpha value is -5.66. The highest BCUT2D eigenvalue weighted by molar-refractivity contribution is 6.46. The van der Waals surface area contributed by atoms with Crippen molar-refractivity contribution in [1.29, 1.82) is 0 Å². The Morgan fingerprint density at radius 2 is 0.867 bits per heavy atom. The lowest BCUT2D eigenvalue weighted by molar-refractivity contribution is -0.170. The van der Waals surface area contributed by atoms with Gasteiger partial charge in [0, 0.05) is 16.7 Å². The normalized spacial score (nSPS) is 15.3. The van der Waals surface area contributed by atoms with Crippen LogP contribution in [0.25, 0.3) is 0 Å². The molecule has 0 aromatic heterocycles. The van der Waals surface area contributed by atoms with E-state index in [0.29, 0.717) is 36.4 Å². The van der Waals surface area contributed by atoms with E-state index in [2.05, 4.69) is 0 Å². The minimum absolute atomic E-state index is 0.333. The molecule has 5 atom stereocenters. The van der Waals surface area contributed by atoms with Gasteiger partial charge in [-0.05, 0) is 36.4 Å². The van der Waals surface area contributed by atoms with E-state index in [4.69, 9.17) is 0 Å². The van der Waals surface area contributed by atoms with E-state index in [0.717, 1.165) is 0 Å². The second kappa shape index (κ2) is 12.1. The molecule has 0 saturated heterocycles. The van der Waals surface area contributed by atoms with Gasteiger partial charge in [0.1, 0.15) is 18.3 Å². The van der Waals surface area contributed by atoms with Crippen molar-refractivity contribution in [3.05, 3.63) is 53.1 Å². The van der Waals surface area contributed by atoms with Gasteiger partial charge in [-0.3, -0.25) is 19.2 Å². The van der Waals surface area contributed by atoms with Crippen LogP contribution in [0.5, 0.6) is 51.7 Å². The van der Waals surface area contributed by atoms with E-state index in [1.807, 2.05) is 0 Å². The van der Waals surface area contributed by atoms with E-state index in [9.17, 15) is 90.7 Å². The van der Waals surface area contributed by atoms with Crippen LogP contribution in [0.15, 0.2) is 36.4 Å². The minimum atomic E-state index is -4.18. The summed E-state index contributed by atoms with van der Waals surface area (Å²) in [7, 11) is 0. The van der Waals surface area contributed by atoms with E-state index < -0.39 is 122 Å². The molecule has 14 N–H and O–H groups in total. The Bertz CT molecular complexity index is 1640.